The standard InChI is InChI=1S/C19H25N/c1-5-20(15-16-10-7-6-8-11-16)18-13-9-12-17(14-18)19(2,3)4/h6-14H,5,15H2,1-4H3. The molecule has 0 fully saturated rings. The van der Waals surface area contributed by atoms with Crippen LogP contribution in [-0.2, 0) is 12.0 Å². The van der Waals surface area contributed by atoms with E-state index in [4.69, 9.17) is 0 Å². The van der Waals surface area contributed by atoms with Crippen molar-refractivity contribution in [1.82, 2.24) is 0 Å². The smallest absolute Gasteiger partial charge is 0.0429 e. The molecule has 0 saturated heterocycles. The predicted octanol–water partition coefficient (Wildman–Crippen LogP) is 5.01. The van der Waals surface area contributed by atoms with Crippen LogP contribution in [0.15, 0.2) is 54.6 Å². The van der Waals surface area contributed by atoms with E-state index < -0.39 is 0 Å². The summed E-state index contributed by atoms with van der Waals surface area (Å²) < 4.78 is 0. The van der Waals surface area contributed by atoms with Crippen molar-refractivity contribution in [3.05, 3.63) is 65.7 Å². The summed E-state index contributed by atoms with van der Waals surface area (Å²) in [6.07, 6.45) is 0. The molecule has 1 heteroatoms. The zero-order chi connectivity index (χ0) is 14.6. The van der Waals surface area contributed by atoms with Gasteiger partial charge in [-0.3, -0.25) is 0 Å². The van der Waals surface area contributed by atoms with E-state index >= 15 is 0 Å². The van der Waals surface area contributed by atoms with Crippen molar-refractivity contribution in [1.29, 1.82) is 0 Å². The molecular formula is C19H25N. The van der Waals surface area contributed by atoms with Crippen molar-refractivity contribution in [3.63, 3.8) is 0 Å². The molecule has 2 rings (SSSR count). The molecule has 0 radical (unpaired) electrons. The average Bonchev–Trinajstić information content (AvgIpc) is 2.45. The first-order valence-corrected chi connectivity index (χ1v) is 7.40. The highest BCUT2D eigenvalue weighted by molar-refractivity contribution is 5.50. The number of hydrogen-bond acceptors (Lipinski definition) is 1. The lowest BCUT2D eigenvalue weighted by Crippen LogP contribution is -2.22. The summed E-state index contributed by atoms with van der Waals surface area (Å²) in [6.45, 7) is 11.0. The normalized spacial score (nSPS) is 11.4. The Morgan fingerprint density at radius 1 is 0.900 bits per heavy atom. The highest BCUT2D eigenvalue weighted by Crippen LogP contribution is 2.27. The third-order valence-electron chi connectivity index (χ3n) is 3.68. The second-order valence-electron chi connectivity index (χ2n) is 6.30. The first-order valence-electron chi connectivity index (χ1n) is 7.40. The number of nitrogens with zero attached hydrogens (tertiary/aromatic N) is 1. The Labute approximate surface area is 123 Å². The minimum atomic E-state index is 0.197. The van der Waals surface area contributed by atoms with E-state index in [0.29, 0.717) is 0 Å². The lowest BCUT2D eigenvalue weighted by molar-refractivity contribution is 0.590. The summed E-state index contributed by atoms with van der Waals surface area (Å²) in [5, 5.41) is 0. The van der Waals surface area contributed by atoms with Crippen molar-refractivity contribution in [2.75, 3.05) is 11.4 Å². The van der Waals surface area contributed by atoms with Crippen molar-refractivity contribution < 1.29 is 0 Å². The fourth-order valence-corrected chi connectivity index (χ4v) is 2.36. The summed E-state index contributed by atoms with van der Waals surface area (Å²) in [5.74, 6) is 0. The Morgan fingerprint density at radius 3 is 2.20 bits per heavy atom. The fourth-order valence-electron chi connectivity index (χ4n) is 2.36. The second-order valence-corrected chi connectivity index (χ2v) is 6.30. The summed E-state index contributed by atoms with van der Waals surface area (Å²) >= 11 is 0. The van der Waals surface area contributed by atoms with Gasteiger partial charge >= 0.3 is 0 Å². The quantitative estimate of drug-likeness (QED) is 0.752. The van der Waals surface area contributed by atoms with Crippen LogP contribution in [0.2, 0.25) is 0 Å². The number of rotatable bonds is 4. The molecule has 0 unspecified atom stereocenters. The van der Waals surface area contributed by atoms with Gasteiger partial charge in [0.05, 0.1) is 0 Å². The van der Waals surface area contributed by atoms with Crippen LogP contribution in [-0.4, -0.2) is 6.54 Å². The Morgan fingerprint density at radius 2 is 1.60 bits per heavy atom. The number of hydrogen-bond donors (Lipinski definition) is 0. The average molecular weight is 267 g/mol. The molecule has 0 saturated carbocycles. The van der Waals surface area contributed by atoms with Crippen LogP contribution in [0.4, 0.5) is 5.69 Å². The fraction of sp³-hybridized carbons (Fsp3) is 0.368. The van der Waals surface area contributed by atoms with E-state index in [1.807, 2.05) is 0 Å². The monoisotopic (exact) mass is 267 g/mol. The maximum Gasteiger partial charge on any atom is 0.0429 e. The van der Waals surface area contributed by atoms with Crippen molar-refractivity contribution in [3.8, 4) is 0 Å². The molecule has 0 aliphatic heterocycles. The van der Waals surface area contributed by atoms with E-state index in [2.05, 4.69) is 87.2 Å². The Kier molecular flexibility index (Phi) is 4.49. The lowest BCUT2D eigenvalue weighted by atomic mass is 9.87. The molecule has 106 valence electrons. The van der Waals surface area contributed by atoms with Crippen LogP contribution >= 0.6 is 0 Å². The summed E-state index contributed by atoms with van der Waals surface area (Å²) in [6, 6.07) is 19.6. The third-order valence-corrected chi connectivity index (χ3v) is 3.68. The highest BCUT2D eigenvalue weighted by atomic mass is 15.1. The van der Waals surface area contributed by atoms with Crippen molar-refractivity contribution >= 4 is 5.69 Å². The van der Waals surface area contributed by atoms with Crippen LogP contribution in [0.1, 0.15) is 38.8 Å². The van der Waals surface area contributed by atoms with Gasteiger partial charge in [-0.25, -0.2) is 0 Å². The highest BCUT2D eigenvalue weighted by Gasteiger charge is 2.15. The predicted molar refractivity (Wildman–Crippen MR) is 88.3 cm³/mol. The van der Waals surface area contributed by atoms with E-state index in [-0.39, 0.29) is 5.41 Å². The van der Waals surface area contributed by atoms with Gasteiger partial charge in [-0.2, -0.15) is 0 Å². The minimum absolute atomic E-state index is 0.197. The zero-order valence-electron chi connectivity index (χ0n) is 13.1. The summed E-state index contributed by atoms with van der Waals surface area (Å²) in [4.78, 5) is 2.42. The molecule has 0 heterocycles. The topological polar surface area (TPSA) is 3.24 Å². The maximum atomic E-state index is 2.42. The molecule has 0 amide bonds. The van der Waals surface area contributed by atoms with E-state index in [1.165, 1.54) is 16.8 Å². The first kappa shape index (κ1) is 14.6. The molecule has 2 aromatic carbocycles. The second kappa shape index (κ2) is 6.13. The molecule has 0 aliphatic rings. The Bertz CT molecular complexity index is 537. The molecule has 1 nitrogen and oxygen atoms in total. The molecule has 0 atom stereocenters. The largest absolute Gasteiger partial charge is 0.367 e. The Hall–Kier alpha value is -1.76. The molecule has 20 heavy (non-hydrogen) atoms. The van der Waals surface area contributed by atoms with E-state index in [1.54, 1.807) is 0 Å². The van der Waals surface area contributed by atoms with Gasteiger partial charge in [0.2, 0.25) is 0 Å². The van der Waals surface area contributed by atoms with Gasteiger partial charge in [-0.15, -0.1) is 0 Å². The van der Waals surface area contributed by atoms with Gasteiger partial charge in [-0.1, -0.05) is 63.2 Å². The van der Waals surface area contributed by atoms with Crippen LogP contribution < -0.4 is 4.90 Å². The molecule has 0 bridgehead atoms. The number of benzene rings is 2. The third kappa shape index (κ3) is 3.63. The lowest BCUT2D eigenvalue weighted by Gasteiger charge is -2.26. The van der Waals surface area contributed by atoms with Gasteiger partial charge in [0.15, 0.2) is 0 Å². The van der Waals surface area contributed by atoms with Crippen LogP contribution in [0.5, 0.6) is 0 Å². The van der Waals surface area contributed by atoms with E-state index in [0.717, 1.165) is 13.1 Å². The molecular weight excluding hydrogens is 242 g/mol. The molecule has 0 aromatic heterocycles. The van der Waals surface area contributed by atoms with Crippen LogP contribution in [0.25, 0.3) is 0 Å². The van der Waals surface area contributed by atoms with Gasteiger partial charge < -0.3 is 4.90 Å². The van der Waals surface area contributed by atoms with Gasteiger partial charge in [-0.05, 0) is 35.6 Å². The van der Waals surface area contributed by atoms with Gasteiger partial charge in [0.1, 0.15) is 0 Å². The van der Waals surface area contributed by atoms with Crippen molar-refractivity contribution in [2.45, 2.75) is 39.7 Å². The number of anilines is 1. The van der Waals surface area contributed by atoms with Gasteiger partial charge in [0.25, 0.3) is 0 Å². The van der Waals surface area contributed by atoms with Crippen LogP contribution in [0, 0.1) is 0 Å². The molecule has 0 N–H and O–H groups in total. The van der Waals surface area contributed by atoms with Crippen LogP contribution in [0.3, 0.4) is 0 Å². The SMILES string of the molecule is CCN(Cc1ccccc1)c1cccc(C(C)(C)C)c1. The summed E-state index contributed by atoms with van der Waals surface area (Å²) in [7, 11) is 0. The molecule has 2 aromatic rings. The summed E-state index contributed by atoms with van der Waals surface area (Å²) in [5.41, 5.74) is 4.25. The minimum Gasteiger partial charge on any atom is -0.367 e. The van der Waals surface area contributed by atoms with Gasteiger partial charge in [0, 0.05) is 18.8 Å². The molecule has 0 spiro atoms. The van der Waals surface area contributed by atoms with E-state index in [9.17, 15) is 0 Å². The van der Waals surface area contributed by atoms with Crippen molar-refractivity contribution in [2.24, 2.45) is 0 Å². The zero-order valence-corrected chi connectivity index (χ0v) is 13.1. The Balaban J connectivity index is 2.24. The maximum absolute atomic E-state index is 2.42. The first-order chi connectivity index (χ1) is 9.50. The molecule has 0 aliphatic carbocycles.